The van der Waals surface area contributed by atoms with E-state index in [1.807, 2.05) is 0 Å². The van der Waals surface area contributed by atoms with Crippen LogP contribution in [-0.4, -0.2) is 49.9 Å². The van der Waals surface area contributed by atoms with E-state index in [0.717, 1.165) is 12.8 Å². The van der Waals surface area contributed by atoms with E-state index in [0.29, 0.717) is 29.8 Å². The number of aromatic nitrogens is 4. The van der Waals surface area contributed by atoms with Gasteiger partial charge < -0.3 is 26.7 Å². The number of carbonyl (C=O) groups excluding carboxylic acids is 1. The quantitative estimate of drug-likeness (QED) is 0.648. The number of nitrogens with two attached hydrogens (primary N) is 2. The number of nitrogens with one attached hydrogen (secondary N) is 2. The lowest BCUT2D eigenvalue weighted by Crippen LogP contribution is -2.42. The zero-order valence-electron chi connectivity index (χ0n) is 12.3. The Kier molecular flexibility index (Phi) is 4.20. The summed E-state index contributed by atoms with van der Waals surface area (Å²) in [5.74, 6) is 0.465. The SMILES string of the molecule is Nc1nc(N)nc(NC2CCN(C(=O)c3cc(Cl)c[nH]3)CC2)n1. The summed E-state index contributed by atoms with van der Waals surface area (Å²) in [6.07, 6.45) is 3.13. The second-order valence-corrected chi connectivity index (χ2v) is 5.75. The van der Waals surface area contributed by atoms with E-state index < -0.39 is 0 Å². The van der Waals surface area contributed by atoms with Crippen molar-refractivity contribution in [2.45, 2.75) is 18.9 Å². The number of rotatable bonds is 3. The van der Waals surface area contributed by atoms with Crippen LogP contribution in [0.25, 0.3) is 0 Å². The third kappa shape index (κ3) is 3.62. The fourth-order valence-corrected chi connectivity index (χ4v) is 2.71. The number of hydrogen-bond donors (Lipinski definition) is 4. The molecule has 2 aromatic heterocycles. The van der Waals surface area contributed by atoms with Crippen LogP contribution in [0.1, 0.15) is 23.3 Å². The van der Waals surface area contributed by atoms with Gasteiger partial charge in [-0.2, -0.15) is 15.0 Å². The smallest absolute Gasteiger partial charge is 0.270 e. The zero-order valence-corrected chi connectivity index (χ0v) is 13.0. The molecule has 9 nitrogen and oxygen atoms in total. The van der Waals surface area contributed by atoms with Crippen molar-refractivity contribution < 1.29 is 4.79 Å². The van der Waals surface area contributed by atoms with Gasteiger partial charge in [0.05, 0.1) is 5.02 Å². The number of amides is 1. The zero-order chi connectivity index (χ0) is 16.4. The van der Waals surface area contributed by atoms with E-state index in [4.69, 9.17) is 23.1 Å². The standard InChI is InChI=1S/C13H17ClN8O/c14-7-5-9(17-6-7)10(23)22-3-1-8(2-4-22)18-13-20-11(15)19-12(16)21-13/h5-6,8,17H,1-4H2,(H5,15,16,18,19,20,21). The normalized spacial score (nSPS) is 15.6. The van der Waals surface area contributed by atoms with Crippen molar-refractivity contribution in [2.75, 3.05) is 29.9 Å². The molecule has 6 N–H and O–H groups in total. The second kappa shape index (κ2) is 6.29. The molecule has 1 aliphatic rings. The highest BCUT2D eigenvalue weighted by Gasteiger charge is 2.25. The molecular formula is C13H17ClN8O. The molecule has 1 amide bonds. The molecule has 0 aromatic carbocycles. The Balaban J connectivity index is 1.57. The van der Waals surface area contributed by atoms with Gasteiger partial charge in [0, 0.05) is 25.3 Å². The molecule has 1 aliphatic heterocycles. The van der Waals surface area contributed by atoms with Gasteiger partial charge in [-0.05, 0) is 18.9 Å². The van der Waals surface area contributed by atoms with Crippen molar-refractivity contribution in [3.8, 4) is 0 Å². The van der Waals surface area contributed by atoms with Gasteiger partial charge in [-0.25, -0.2) is 0 Å². The number of halogens is 1. The molecule has 2 aromatic rings. The van der Waals surface area contributed by atoms with Gasteiger partial charge in [0.1, 0.15) is 5.69 Å². The fraction of sp³-hybridized carbons (Fsp3) is 0.385. The molecule has 0 bridgehead atoms. The number of nitrogens with zero attached hydrogens (tertiary/aromatic N) is 4. The molecule has 0 atom stereocenters. The van der Waals surface area contributed by atoms with Gasteiger partial charge in [-0.15, -0.1) is 0 Å². The van der Waals surface area contributed by atoms with Crippen LogP contribution in [0.4, 0.5) is 17.8 Å². The molecule has 0 saturated carbocycles. The Hall–Kier alpha value is -2.55. The fourth-order valence-electron chi connectivity index (χ4n) is 2.55. The molecule has 0 unspecified atom stereocenters. The number of nitrogen functional groups attached to an aromatic ring is 2. The van der Waals surface area contributed by atoms with E-state index in [1.54, 1.807) is 17.2 Å². The lowest BCUT2D eigenvalue weighted by molar-refractivity contribution is 0.0713. The number of H-pyrrole nitrogens is 1. The maximum absolute atomic E-state index is 12.3. The van der Waals surface area contributed by atoms with Crippen LogP contribution in [0, 0.1) is 0 Å². The highest BCUT2D eigenvalue weighted by Crippen LogP contribution is 2.18. The first-order valence-electron chi connectivity index (χ1n) is 7.18. The van der Waals surface area contributed by atoms with E-state index in [2.05, 4.69) is 25.3 Å². The molecule has 0 aliphatic carbocycles. The van der Waals surface area contributed by atoms with Crippen molar-refractivity contribution >= 4 is 35.4 Å². The number of anilines is 3. The Labute approximate surface area is 137 Å². The van der Waals surface area contributed by atoms with Crippen LogP contribution in [0.15, 0.2) is 12.3 Å². The summed E-state index contributed by atoms with van der Waals surface area (Å²) in [7, 11) is 0. The number of carbonyl (C=O) groups is 1. The topological polar surface area (TPSA) is 139 Å². The minimum atomic E-state index is -0.0519. The molecule has 0 radical (unpaired) electrons. The maximum atomic E-state index is 12.3. The van der Waals surface area contributed by atoms with E-state index in [1.165, 1.54) is 0 Å². The van der Waals surface area contributed by atoms with Gasteiger partial charge in [0.15, 0.2) is 0 Å². The molecule has 1 saturated heterocycles. The van der Waals surface area contributed by atoms with Crippen LogP contribution >= 0.6 is 11.6 Å². The Morgan fingerprint density at radius 1 is 1.26 bits per heavy atom. The molecular weight excluding hydrogens is 320 g/mol. The second-order valence-electron chi connectivity index (χ2n) is 5.32. The van der Waals surface area contributed by atoms with Crippen molar-refractivity contribution in [3.05, 3.63) is 23.0 Å². The molecule has 0 spiro atoms. The van der Waals surface area contributed by atoms with Crippen molar-refractivity contribution in [1.29, 1.82) is 0 Å². The minimum absolute atomic E-state index is 0.0519. The summed E-state index contributed by atoms with van der Waals surface area (Å²) in [6, 6.07) is 1.78. The van der Waals surface area contributed by atoms with Crippen molar-refractivity contribution in [2.24, 2.45) is 0 Å². The Morgan fingerprint density at radius 2 is 1.91 bits per heavy atom. The van der Waals surface area contributed by atoms with E-state index in [-0.39, 0.29) is 23.8 Å². The monoisotopic (exact) mass is 336 g/mol. The third-order valence-corrected chi connectivity index (χ3v) is 3.88. The summed E-state index contributed by atoms with van der Waals surface area (Å²) in [5, 5.41) is 3.70. The predicted octanol–water partition coefficient (Wildman–Crippen LogP) is 0.734. The number of hydrogen-bond acceptors (Lipinski definition) is 7. The average molecular weight is 337 g/mol. The van der Waals surface area contributed by atoms with Crippen LogP contribution in [0.2, 0.25) is 5.02 Å². The number of piperidine rings is 1. The summed E-state index contributed by atoms with van der Waals surface area (Å²) in [6.45, 7) is 1.26. The van der Waals surface area contributed by atoms with E-state index in [9.17, 15) is 4.79 Å². The van der Waals surface area contributed by atoms with Crippen LogP contribution in [0.3, 0.4) is 0 Å². The molecule has 3 heterocycles. The minimum Gasteiger partial charge on any atom is -0.368 e. The van der Waals surface area contributed by atoms with Gasteiger partial charge in [0.25, 0.3) is 5.91 Å². The summed E-state index contributed by atoms with van der Waals surface area (Å²) in [5.41, 5.74) is 11.6. The molecule has 10 heteroatoms. The molecule has 3 rings (SSSR count). The first-order chi connectivity index (χ1) is 11.0. The van der Waals surface area contributed by atoms with Gasteiger partial charge >= 0.3 is 0 Å². The third-order valence-electron chi connectivity index (χ3n) is 3.66. The van der Waals surface area contributed by atoms with Crippen molar-refractivity contribution in [3.63, 3.8) is 0 Å². The first kappa shape index (κ1) is 15.3. The number of likely N-dealkylation sites (tertiary alicyclic amines) is 1. The van der Waals surface area contributed by atoms with Crippen LogP contribution in [-0.2, 0) is 0 Å². The Bertz CT molecular complexity index is 690. The largest absolute Gasteiger partial charge is 0.368 e. The summed E-state index contributed by atoms with van der Waals surface area (Å²) in [4.78, 5) is 28.7. The highest BCUT2D eigenvalue weighted by atomic mass is 35.5. The molecule has 23 heavy (non-hydrogen) atoms. The van der Waals surface area contributed by atoms with Crippen molar-refractivity contribution in [1.82, 2.24) is 24.8 Å². The Morgan fingerprint density at radius 3 is 2.48 bits per heavy atom. The first-order valence-corrected chi connectivity index (χ1v) is 7.56. The number of aromatic amines is 1. The van der Waals surface area contributed by atoms with Crippen LogP contribution < -0.4 is 16.8 Å². The predicted molar refractivity (Wildman–Crippen MR) is 87.0 cm³/mol. The average Bonchev–Trinajstić information content (AvgIpc) is 2.93. The summed E-state index contributed by atoms with van der Waals surface area (Å²) >= 11 is 5.83. The van der Waals surface area contributed by atoms with Crippen LogP contribution in [0.5, 0.6) is 0 Å². The molecule has 122 valence electrons. The van der Waals surface area contributed by atoms with Gasteiger partial charge in [-0.3, -0.25) is 4.79 Å². The lowest BCUT2D eigenvalue weighted by Gasteiger charge is -2.32. The lowest BCUT2D eigenvalue weighted by atomic mass is 10.0. The summed E-state index contributed by atoms with van der Waals surface area (Å²) < 4.78 is 0. The molecule has 1 fully saturated rings. The van der Waals surface area contributed by atoms with E-state index >= 15 is 0 Å². The maximum Gasteiger partial charge on any atom is 0.270 e. The van der Waals surface area contributed by atoms with Gasteiger partial charge in [0.2, 0.25) is 17.8 Å². The van der Waals surface area contributed by atoms with Gasteiger partial charge in [-0.1, -0.05) is 11.6 Å². The highest BCUT2D eigenvalue weighted by molar-refractivity contribution is 6.30.